The Morgan fingerprint density at radius 1 is 1.21 bits per heavy atom. The minimum absolute atomic E-state index is 0.175. The van der Waals surface area contributed by atoms with Gasteiger partial charge in [0.05, 0.1) is 18.4 Å². The van der Waals surface area contributed by atoms with Crippen molar-refractivity contribution in [2.45, 2.75) is 32.3 Å². The molecule has 1 aliphatic heterocycles. The molecule has 2 aromatic heterocycles. The zero-order valence-electron chi connectivity index (χ0n) is 16.8. The summed E-state index contributed by atoms with van der Waals surface area (Å²) in [6.07, 6.45) is 1.19. The Bertz CT molecular complexity index is 1020. The van der Waals surface area contributed by atoms with Crippen LogP contribution < -0.4 is 4.74 Å². The second-order valence-corrected chi connectivity index (χ2v) is 8.86. The van der Waals surface area contributed by atoms with Crippen molar-refractivity contribution in [2.75, 3.05) is 26.0 Å². The number of pyridine rings is 1. The van der Waals surface area contributed by atoms with Gasteiger partial charge in [-0.05, 0) is 48.9 Å². The molecule has 0 radical (unpaired) electrons. The number of benzene rings is 1. The van der Waals surface area contributed by atoms with Crippen LogP contribution in [0.5, 0.6) is 5.75 Å². The number of piperidine rings is 1. The lowest BCUT2D eigenvalue weighted by molar-refractivity contribution is -0.130. The molecule has 1 fully saturated rings. The first kappa shape index (κ1) is 19.1. The van der Waals surface area contributed by atoms with E-state index in [4.69, 9.17) is 4.74 Å². The van der Waals surface area contributed by atoms with E-state index in [1.165, 1.54) is 18.2 Å². The van der Waals surface area contributed by atoms with Crippen LogP contribution in [0.25, 0.3) is 16.6 Å². The number of rotatable bonds is 4. The van der Waals surface area contributed by atoms with Crippen LogP contribution in [0.1, 0.15) is 25.8 Å². The first-order chi connectivity index (χ1) is 13.5. The first-order valence-electron chi connectivity index (χ1n) is 9.69. The van der Waals surface area contributed by atoms with E-state index in [-0.39, 0.29) is 5.91 Å². The summed E-state index contributed by atoms with van der Waals surface area (Å²) in [5.41, 5.74) is 2.92. The number of aromatic nitrogens is 3. The number of fused-ring (bicyclic) bond motifs is 3. The number of methoxy groups -OCH3 is 1. The fourth-order valence-corrected chi connectivity index (χ4v) is 5.06. The molecule has 7 heteroatoms. The molecule has 1 aromatic carbocycles. The predicted molar refractivity (Wildman–Crippen MR) is 112 cm³/mol. The van der Waals surface area contributed by atoms with Crippen LogP contribution in [0, 0.1) is 18.8 Å². The molecule has 148 valence electrons. The number of aryl methyl sites for hydroxylation is 1. The van der Waals surface area contributed by atoms with Gasteiger partial charge in [-0.15, -0.1) is 10.2 Å². The monoisotopic (exact) mass is 398 g/mol. The summed E-state index contributed by atoms with van der Waals surface area (Å²) in [6, 6.07) is 8.04. The Morgan fingerprint density at radius 2 is 1.96 bits per heavy atom. The van der Waals surface area contributed by atoms with E-state index in [0.29, 0.717) is 17.6 Å². The highest BCUT2D eigenvalue weighted by molar-refractivity contribution is 7.99. The van der Waals surface area contributed by atoms with Crippen molar-refractivity contribution in [3.63, 3.8) is 0 Å². The average molecular weight is 399 g/mol. The third-order valence-electron chi connectivity index (χ3n) is 5.42. The standard InChI is InChI=1S/C21H26N4O2S/c1-13-7-14(2)11-24(10-13)20(26)12-28-21-23-22-19-8-15(3)17-6-5-16(27-4)9-18(17)25(19)21/h5-6,8-9,13-14H,7,10-12H2,1-4H3. The summed E-state index contributed by atoms with van der Waals surface area (Å²) in [7, 11) is 1.66. The molecule has 2 atom stereocenters. The number of carbonyl (C=O) groups is 1. The van der Waals surface area contributed by atoms with Gasteiger partial charge in [0.25, 0.3) is 0 Å². The summed E-state index contributed by atoms with van der Waals surface area (Å²) in [5, 5.41) is 10.5. The second kappa shape index (κ2) is 7.62. The number of amides is 1. The van der Waals surface area contributed by atoms with Crippen LogP contribution in [0.2, 0.25) is 0 Å². The molecule has 2 unspecified atom stereocenters. The normalized spacial score (nSPS) is 20.1. The lowest BCUT2D eigenvalue weighted by Crippen LogP contribution is -2.43. The molecule has 3 aromatic rings. The topological polar surface area (TPSA) is 59.7 Å². The smallest absolute Gasteiger partial charge is 0.233 e. The van der Waals surface area contributed by atoms with Gasteiger partial charge in [0.2, 0.25) is 5.91 Å². The molecule has 3 heterocycles. The summed E-state index contributed by atoms with van der Waals surface area (Å²) in [6.45, 7) is 8.21. The number of hydrogen-bond donors (Lipinski definition) is 0. The molecule has 0 bridgehead atoms. The lowest BCUT2D eigenvalue weighted by Gasteiger charge is -2.34. The van der Waals surface area contributed by atoms with E-state index in [9.17, 15) is 4.79 Å². The number of thioether (sulfide) groups is 1. The highest BCUT2D eigenvalue weighted by Crippen LogP contribution is 2.29. The van der Waals surface area contributed by atoms with E-state index >= 15 is 0 Å². The Hall–Kier alpha value is -2.28. The summed E-state index contributed by atoms with van der Waals surface area (Å²) < 4.78 is 7.42. The molecule has 6 nitrogen and oxygen atoms in total. The minimum atomic E-state index is 0.175. The zero-order chi connectivity index (χ0) is 19.8. The van der Waals surface area contributed by atoms with E-state index in [1.807, 2.05) is 27.5 Å². The van der Waals surface area contributed by atoms with Crippen molar-refractivity contribution >= 4 is 34.2 Å². The van der Waals surface area contributed by atoms with Gasteiger partial charge in [0.1, 0.15) is 5.75 Å². The van der Waals surface area contributed by atoms with Gasteiger partial charge >= 0.3 is 0 Å². The summed E-state index contributed by atoms with van der Waals surface area (Å²) >= 11 is 1.45. The van der Waals surface area contributed by atoms with E-state index < -0.39 is 0 Å². The van der Waals surface area contributed by atoms with Crippen molar-refractivity contribution < 1.29 is 9.53 Å². The van der Waals surface area contributed by atoms with Crippen molar-refractivity contribution in [2.24, 2.45) is 11.8 Å². The van der Waals surface area contributed by atoms with Crippen LogP contribution in [0.3, 0.4) is 0 Å². The van der Waals surface area contributed by atoms with E-state index in [0.717, 1.165) is 46.1 Å². The van der Waals surface area contributed by atoms with Crippen molar-refractivity contribution in [3.8, 4) is 5.75 Å². The van der Waals surface area contributed by atoms with Gasteiger partial charge in [-0.1, -0.05) is 25.6 Å². The SMILES string of the molecule is COc1ccc2c(C)cc3nnc(SCC(=O)N4CC(C)CC(C)C4)n3c2c1. The third-order valence-corrected chi connectivity index (χ3v) is 6.33. The van der Waals surface area contributed by atoms with Crippen molar-refractivity contribution in [1.82, 2.24) is 19.5 Å². The summed E-state index contributed by atoms with van der Waals surface area (Å²) in [5.74, 6) is 2.46. The van der Waals surface area contributed by atoms with Crippen LogP contribution in [-0.2, 0) is 4.79 Å². The van der Waals surface area contributed by atoms with Crippen LogP contribution in [0.4, 0.5) is 0 Å². The van der Waals surface area contributed by atoms with Gasteiger partial charge < -0.3 is 9.64 Å². The Balaban J connectivity index is 1.62. The van der Waals surface area contributed by atoms with Gasteiger partial charge in [0, 0.05) is 24.5 Å². The van der Waals surface area contributed by atoms with Crippen LogP contribution in [0.15, 0.2) is 29.4 Å². The number of likely N-dealkylation sites (tertiary alicyclic amines) is 1. The zero-order valence-corrected chi connectivity index (χ0v) is 17.6. The van der Waals surface area contributed by atoms with E-state index in [1.54, 1.807) is 7.11 Å². The fraction of sp³-hybridized carbons (Fsp3) is 0.476. The van der Waals surface area contributed by atoms with Crippen LogP contribution in [-0.4, -0.2) is 51.4 Å². The van der Waals surface area contributed by atoms with Crippen molar-refractivity contribution in [1.29, 1.82) is 0 Å². The second-order valence-electron chi connectivity index (χ2n) is 7.92. The molecule has 0 aliphatic carbocycles. The van der Waals surface area contributed by atoms with Crippen LogP contribution >= 0.6 is 11.8 Å². The maximum Gasteiger partial charge on any atom is 0.233 e. The van der Waals surface area contributed by atoms with Gasteiger partial charge in [-0.25, -0.2) is 0 Å². The predicted octanol–water partition coefficient (Wildman–Crippen LogP) is 3.80. The molecule has 4 rings (SSSR count). The molecule has 1 amide bonds. The number of carbonyl (C=O) groups excluding carboxylic acids is 1. The summed E-state index contributed by atoms with van der Waals surface area (Å²) in [4.78, 5) is 14.8. The van der Waals surface area contributed by atoms with Gasteiger partial charge in [-0.3, -0.25) is 9.20 Å². The minimum Gasteiger partial charge on any atom is -0.497 e. The van der Waals surface area contributed by atoms with Crippen molar-refractivity contribution in [3.05, 3.63) is 29.8 Å². The quantitative estimate of drug-likeness (QED) is 0.626. The Morgan fingerprint density at radius 3 is 2.68 bits per heavy atom. The third kappa shape index (κ3) is 3.55. The molecular formula is C21H26N4O2S. The number of nitrogens with zero attached hydrogens (tertiary/aromatic N) is 4. The molecule has 0 spiro atoms. The molecule has 0 saturated carbocycles. The lowest BCUT2D eigenvalue weighted by atomic mass is 9.92. The molecular weight excluding hydrogens is 372 g/mol. The maximum absolute atomic E-state index is 12.8. The number of ether oxygens (including phenoxy) is 1. The average Bonchev–Trinajstić information content (AvgIpc) is 3.07. The van der Waals surface area contributed by atoms with E-state index in [2.05, 4.69) is 37.0 Å². The highest BCUT2D eigenvalue weighted by Gasteiger charge is 2.25. The maximum atomic E-state index is 12.8. The van der Waals surface area contributed by atoms with Gasteiger partial charge in [-0.2, -0.15) is 0 Å². The Kier molecular flexibility index (Phi) is 5.19. The largest absolute Gasteiger partial charge is 0.497 e. The first-order valence-corrected chi connectivity index (χ1v) is 10.7. The van der Waals surface area contributed by atoms with Gasteiger partial charge in [0.15, 0.2) is 10.8 Å². The number of hydrogen-bond acceptors (Lipinski definition) is 5. The molecule has 1 aliphatic rings. The molecule has 28 heavy (non-hydrogen) atoms. The molecule has 0 N–H and O–H groups in total. The fourth-order valence-electron chi connectivity index (χ4n) is 4.21. The Labute approximate surface area is 169 Å². The molecule has 1 saturated heterocycles. The highest BCUT2D eigenvalue weighted by atomic mass is 32.2.